The number of halogens is 2. The number of carbonyl (C=O) groups is 1. The molecule has 7 nitrogen and oxygen atoms in total. The van der Waals surface area contributed by atoms with Gasteiger partial charge in [0.05, 0.1) is 16.3 Å². The average Bonchev–Trinajstić information content (AvgIpc) is 2.72. The molecular formula is C12H10Br2N4O3. The molecule has 2 rings (SSSR count). The van der Waals surface area contributed by atoms with E-state index in [1.807, 2.05) is 0 Å². The number of carbonyl (C=O) groups excluding carboxylic acids is 1. The number of nitro groups is 1. The lowest BCUT2D eigenvalue weighted by Gasteiger charge is -2.09. The summed E-state index contributed by atoms with van der Waals surface area (Å²) in [5.74, 6) is -0.353. The van der Waals surface area contributed by atoms with Gasteiger partial charge in [0.25, 0.3) is 11.6 Å². The maximum absolute atomic E-state index is 12.2. The molecule has 0 bridgehead atoms. The monoisotopic (exact) mass is 416 g/mol. The van der Waals surface area contributed by atoms with Crippen LogP contribution < -0.4 is 5.32 Å². The second-order valence-electron chi connectivity index (χ2n) is 4.29. The van der Waals surface area contributed by atoms with Crippen molar-refractivity contribution in [1.82, 2.24) is 9.78 Å². The Bertz CT molecular complexity index is 719. The van der Waals surface area contributed by atoms with Crippen LogP contribution in [0.3, 0.4) is 0 Å². The summed E-state index contributed by atoms with van der Waals surface area (Å²) in [5.41, 5.74) is 1.46. The van der Waals surface area contributed by atoms with E-state index < -0.39 is 4.92 Å². The second-order valence-corrected chi connectivity index (χ2v) is 6.00. The van der Waals surface area contributed by atoms with Gasteiger partial charge in [-0.05, 0) is 44.8 Å². The molecule has 0 aliphatic heterocycles. The van der Waals surface area contributed by atoms with Crippen LogP contribution in [-0.2, 0) is 7.05 Å². The van der Waals surface area contributed by atoms with Crippen LogP contribution in [0, 0.1) is 17.0 Å². The summed E-state index contributed by atoms with van der Waals surface area (Å²) in [5, 5.41) is 17.6. The van der Waals surface area contributed by atoms with E-state index in [4.69, 9.17) is 0 Å². The third kappa shape index (κ3) is 3.30. The summed E-state index contributed by atoms with van der Waals surface area (Å²) in [4.78, 5) is 22.5. The summed E-state index contributed by atoms with van der Waals surface area (Å²) in [6.07, 6.45) is 0. The Morgan fingerprint density at radius 1 is 1.33 bits per heavy atom. The normalized spacial score (nSPS) is 10.5. The van der Waals surface area contributed by atoms with Gasteiger partial charge in [-0.1, -0.05) is 0 Å². The molecule has 1 aromatic heterocycles. The van der Waals surface area contributed by atoms with Crippen molar-refractivity contribution in [3.8, 4) is 0 Å². The second kappa shape index (κ2) is 5.94. The topological polar surface area (TPSA) is 90.1 Å². The standard InChI is InChI=1S/C12H10Br2N4O3/c1-6-3-10(17(2)16-6)12(19)15-11-8(13)4-7(18(20)21)5-9(11)14/h3-5H,1-2H3,(H,15,19). The first kappa shape index (κ1) is 15.6. The van der Waals surface area contributed by atoms with Gasteiger partial charge < -0.3 is 5.32 Å². The van der Waals surface area contributed by atoms with Gasteiger partial charge in [-0.25, -0.2) is 0 Å². The van der Waals surface area contributed by atoms with Crippen molar-refractivity contribution >= 4 is 49.1 Å². The highest BCUT2D eigenvalue weighted by Gasteiger charge is 2.18. The third-order valence-electron chi connectivity index (χ3n) is 2.71. The largest absolute Gasteiger partial charge is 0.319 e. The van der Waals surface area contributed by atoms with E-state index in [2.05, 4.69) is 42.3 Å². The highest BCUT2D eigenvalue weighted by atomic mass is 79.9. The van der Waals surface area contributed by atoms with Crippen LogP contribution in [-0.4, -0.2) is 20.6 Å². The SMILES string of the molecule is Cc1cc(C(=O)Nc2c(Br)cc([N+](=O)[O-])cc2Br)n(C)n1. The van der Waals surface area contributed by atoms with Crippen molar-refractivity contribution in [2.24, 2.45) is 7.05 Å². The van der Waals surface area contributed by atoms with Crippen LogP contribution in [0.15, 0.2) is 27.1 Å². The molecule has 9 heteroatoms. The molecule has 110 valence electrons. The number of nitrogens with zero attached hydrogens (tertiary/aromatic N) is 3. The number of nitrogens with one attached hydrogen (secondary N) is 1. The third-order valence-corrected chi connectivity index (χ3v) is 3.96. The molecule has 1 heterocycles. The number of nitro benzene ring substituents is 1. The summed E-state index contributed by atoms with van der Waals surface area (Å²) < 4.78 is 2.30. The fourth-order valence-corrected chi connectivity index (χ4v) is 3.15. The Morgan fingerprint density at radius 2 is 1.90 bits per heavy atom. The van der Waals surface area contributed by atoms with Crippen molar-refractivity contribution in [2.75, 3.05) is 5.32 Å². The lowest BCUT2D eigenvalue weighted by atomic mass is 10.2. The van der Waals surface area contributed by atoms with E-state index in [9.17, 15) is 14.9 Å². The number of aryl methyl sites for hydroxylation is 2. The Hall–Kier alpha value is -1.74. The van der Waals surface area contributed by atoms with Crippen molar-refractivity contribution < 1.29 is 9.72 Å². The molecule has 0 saturated heterocycles. The smallest absolute Gasteiger partial charge is 0.273 e. The van der Waals surface area contributed by atoms with E-state index in [1.54, 1.807) is 20.0 Å². The molecule has 0 unspecified atom stereocenters. The van der Waals surface area contributed by atoms with Crippen LogP contribution in [0.4, 0.5) is 11.4 Å². The first-order chi connectivity index (χ1) is 9.79. The Labute approximate surface area is 136 Å². The zero-order chi connectivity index (χ0) is 15.7. The van der Waals surface area contributed by atoms with Crippen LogP contribution in [0.2, 0.25) is 0 Å². The predicted octanol–water partition coefficient (Wildman–Crippen LogP) is 3.41. The molecule has 21 heavy (non-hydrogen) atoms. The van der Waals surface area contributed by atoms with Crippen molar-refractivity contribution in [2.45, 2.75) is 6.92 Å². The van der Waals surface area contributed by atoms with Gasteiger partial charge in [0.1, 0.15) is 5.69 Å². The van der Waals surface area contributed by atoms with Crippen molar-refractivity contribution in [3.63, 3.8) is 0 Å². The van der Waals surface area contributed by atoms with Gasteiger partial charge in [0.15, 0.2) is 0 Å². The van der Waals surface area contributed by atoms with Crippen LogP contribution in [0.25, 0.3) is 0 Å². The zero-order valence-corrected chi connectivity index (χ0v) is 14.2. The highest BCUT2D eigenvalue weighted by Crippen LogP contribution is 2.35. The van der Waals surface area contributed by atoms with Gasteiger partial charge in [-0.3, -0.25) is 19.6 Å². The van der Waals surface area contributed by atoms with Crippen LogP contribution >= 0.6 is 31.9 Å². The minimum Gasteiger partial charge on any atom is -0.319 e. The molecular weight excluding hydrogens is 408 g/mol. The molecule has 1 aromatic carbocycles. The Balaban J connectivity index is 2.34. The Kier molecular flexibility index (Phi) is 4.43. The molecule has 0 spiro atoms. The number of non-ortho nitro benzene ring substituents is 1. The van der Waals surface area contributed by atoms with Gasteiger partial charge >= 0.3 is 0 Å². The van der Waals surface area contributed by atoms with E-state index in [0.717, 1.165) is 5.69 Å². The summed E-state index contributed by atoms with van der Waals surface area (Å²) >= 11 is 6.44. The highest BCUT2D eigenvalue weighted by molar-refractivity contribution is 9.11. The summed E-state index contributed by atoms with van der Waals surface area (Å²) in [6, 6.07) is 4.31. The van der Waals surface area contributed by atoms with Gasteiger partial charge in [-0.2, -0.15) is 5.10 Å². The molecule has 0 radical (unpaired) electrons. The lowest BCUT2D eigenvalue weighted by molar-refractivity contribution is -0.385. The first-order valence-corrected chi connectivity index (χ1v) is 7.33. The maximum atomic E-state index is 12.2. The predicted molar refractivity (Wildman–Crippen MR) is 84.4 cm³/mol. The molecule has 0 fully saturated rings. The number of anilines is 1. The minimum absolute atomic E-state index is 0.0804. The van der Waals surface area contributed by atoms with E-state index in [0.29, 0.717) is 20.3 Å². The molecule has 0 atom stereocenters. The minimum atomic E-state index is -0.508. The Morgan fingerprint density at radius 3 is 2.33 bits per heavy atom. The molecule has 2 aromatic rings. The first-order valence-electron chi connectivity index (χ1n) is 5.75. The van der Waals surface area contributed by atoms with Crippen LogP contribution in [0.5, 0.6) is 0 Å². The molecule has 1 N–H and O–H groups in total. The quantitative estimate of drug-likeness (QED) is 0.611. The number of benzene rings is 1. The number of hydrogen-bond acceptors (Lipinski definition) is 4. The van der Waals surface area contributed by atoms with Gasteiger partial charge in [-0.15, -0.1) is 0 Å². The van der Waals surface area contributed by atoms with Gasteiger partial charge in [0.2, 0.25) is 0 Å². The molecule has 0 aliphatic rings. The maximum Gasteiger partial charge on any atom is 0.273 e. The van der Waals surface area contributed by atoms with Crippen molar-refractivity contribution in [3.05, 3.63) is 48.6 Å². The molecule has 0 aliphatic carbocycles. The summed E-state index contributed by atoms with van der Waals surface area (Å²) in [7, 11) is 1.67. The van der Waals surface area contributed by atoms with Crippen molar-refractivity contribution in [1.29, 1.82) is 0 Å². The molecule has 0 saturated carbocycles. The number of amides is 1. The average molecular weight is 418 g/mol. The number of hydrogen-bond donors (Lipinski definition) is 1. The van der Waals surface area contributed by atoms with Gasteiger partial charge in [0, 0.05) is 28.1 Å². The number of rotatable bonds is 3. The van der Waals surface area contributed by atoms with E-state index in [1.165, 1.54) is 16.8 Å². The fourth-order valence-electron chi connectivity index (χ4n) is 1.79. The van der Waals surface area contributed by atoms with E-state index in [-0.39, 0.29) is 11.6 Å². The zero-order valence-electron chi connectivity index (χ0n) is 11.1. The van der Waals surface area contributed by atoms with E-state index >= 15 is 0 Å². The number of aromatic nitrogens is 2. The summed E-state index contributed by atoms with van der Waals surface area (Å²) in [6.45, 7) is 1.79. The lowest BCUT2D eigenvalue weighted by Crippen LogP contribution is -2.16. The molecule has 1 amide bonds. The van der Waals surface area contributed by atoms with Crippen LogP contribution in [0.1, 0.15) is 16.2 Å². The fraction of sp³-hybridized carbons (Fsp3) is 0.167.